The minimum absolute atomic E-state index is 0.0485. The molecule has 1 aliphatic rings. The SMILES string of the molecule is C[C@@H](NC1CCCc2[nH]c(=O)ccc21)c1cccc(F)c1. The molecule has 1 unspecified atom stereocenters. The van der Waals surface area contributed by atoms with E-state index in [0.29, 0.717) is 0 Å². The van der Waals surface area contributed by atoms with Crippen LogP contribution < -0.4 is 10.9 Å². The second-order valence-corrected chi connectivity index (χ2v) is 5.64. The fourth-order valence-electron chi connectivity index (χ4n) is 3.05. The van der Waals surface area contributed by atoms with E-state index in [4.69, 9.17) is 0 Å². The molecule has 1 aromatic heterocycles. The van der Waals surface area contributed by atoms with Gasteiger partial charge in [0.1, 0.15) is 5.82 Å². The molecule has 1 aromatic carbocycles. The summed E-state index contributed by atoms with van der Waals surface area (Å²) in [5, 5.41) is 3.55. The highest BCUT2D eigenvalue weighted by molar-refractivity contribution is 5.27. The van der Waals surface area contributed by atoms with Crippen molar-refractivity contribution in [2.24, 2.45) is 0 Å². The summed E-state index contributed by atoms with van der Waals surface area (Å²) in [5.74, 6) is -0.213. The Morgan fingerprint density at radius 1 is 1.33 bits per heavy atom. The fraction of sp³-hybridized carbons (Fsp3) is 0.353. The van der Waals surface area contributed by atoms with Gasteiger partial charge in [-0.2, -0.15) is 0 Å². The molecule has 2 N–H and O–H groups in total. The predicted molar refractivity (Wildman–Crippen MR) is 80.7 cm³/mol. The van der Waals surface area contributed by atoms with Gasteiger partial charge in [-0.1, -0.05) is 18.2 Å². The van der Waals surface area contributed by atoms with Crippen molar-refractivity contribution in [1.82, 2.24) is 10.3 Å². The average molecular weight is 286 g/mol. The summed E-state index contributed by atoms with van der Waals surface area (Å²) in [6.45, 7) is 2.04. The number of aromatic amines is 1. The Bertz CT molecular complexity index is 695. The molecule has 0 radical (unpaired) electrons. The van der Waals surface area contributed by atoms with E-state index in [1.807, 2.05) is 19.1 Å². The molecule has 2 atom stereocenters. The van der Waals surface area contributed by atoms with E-state index in [9.17, 15) is 9.18 Å². The van der Waals surface area contributed by atoms with Crippen molar-refractivity contribution in [2.45, 2.75) is 38.3 Å². The third kappa shape index (κ3) is 3.05. The van der Waals surface area contributed by atoms with E-state index in [1.54, 1.807) is 18.2 Å². The number of fused-ring (bicyclic) bond motifs is 1. The van der Waals surface area contributed by atoms with Crippen LogP contribution in [0.4, 0.5) is 4.39 Å². The minimum Gasteiger partial charge on any atom is -0.326 e. The maximum absolute atomic E-state index is 13.3. The van der Waals surface area contributed by atoms with Crippen LogP contribution in [0.5, 0.6) is 0 Å². The van der Waals surface area contributed by atoms with E-state index in [2.05, 4.69) is 10.3 Å². The quantitative estimate of drug-likeness (QED) is 0.909. The minimum atomic E-state index is -0.213. The van der Waals surface area contributed by atoms with Crippen molar-refractivity contribution in [3.8, 4) is 0 Å². The van der Waals surface area contributed by atoms with Crippen molar-refractivity contribution in [2.75, 3.05) is 0 Å². The van der Waals surface area contributed by atoms with E-state index in [1.165, 1.54) is 6.07 Å². The normalized spacial score (nSPS) is 19.0. The number of hydrogen-bond donors (Lipinski definition) is 2. The highest BCUT2D eigenvalue weighted by atomic mass is 19.1. The Morgan fingerprint density at radius 2 is 2.19 bits per heavy atom. The smallest absolute Gasteiger partial charge is 0.248 e. The lowest BCUT2D eigenvalue weighted by Gasteiger charge is -2.29. The number of benzene rings is 1. The first-order valence-corrected chi connectivity index (χ1v) is 7.37. The highest BCUT2D eigenvalue weighted by Gasteiger charge is 2.22. The van der Waals surface area contributed by atoms with Gasteiger partial charge in [0.25, 0.3) is 0 Å². The van der Waals surface area contributed by atoms with Crippen LogP contribution in [0.3, 0.4) is 0 Å². The first kappa shape index (κ1) is 14.0. The van der Waals surface area contributed by atoms with Gasteiger partial charge in [-0.05, 0) is 49.4 Å². The van der Waals surface area contributed by atoms with E-state index in [0.717, 1.165) is 36.1 Å². The number of aryl methyl sites for hydroxylation is 1. The van der Waals surface area contributed by atoms with Crippen molar-refractivity contribution < 1.29 is 4.39 Å². The molecule has 0 saturated carbocycles. The zero-order chi connectivity index (χ0) is 14.8. The summed E-state index contributed by atoms with van der Waals surface area (Å²) in [4.78, 5) is 14.3. The molecular formula is C17H19FN2O. The number of hydrogen-bond acceptors (Lipinski definition) is 2. The third-order valence-electron chi connectivity index (χ3n) is 4.13. The van der Waals surface area contributed by atoms with Gasteiger partial charge >= 0.3 is 0 Å². The molecule has 3 rings (SSSR count). The number of nitrogens with one attached hydrogen (secondary N) is 2. The first-order chi connectivity index (χ1) is 10.1. The Hall–Kier alpha value is -1.94. The molecular weight excluding hydrogens is 267 g/mol. The van der Waals surface area contributed by atoms with Crippen molar-refractivity contribution in [1.29, 1.82) is 0 Å². The van der Waals surface area contributed by atoms with Crippen molar-refractivity contribution >= 4 is 0 Å². The number of rotatable bonds is 3. The highest BCUT2D eigenvalue weighted by Crippen LogP contribution is 2.30. The topological polar surface area (TPSA) is 44.9 Å². The second kappa shape index (κ2) is 5.82. The zero-order valence-electron chi connectivity index (χ0n) is 12.0. The van der Waals surface area contributed by atoms with Crippen LogP contribution in [-0.2, 0) is 6.42 Å². The van der Waals surface area contributed by atoms with E-state index < -0.39 is 0 Å². The average Bonchev–Trinajstić information content (AvgIpc) is 2.47. The van der Waals surface area contributed by atoms with Gasteiger partial charge in [0.05, 0.1) is 0 Å². The third-order valence-corrected chi connectivity index (χ3v) is 4.13. The molecule has 0 spiro atoms. The molecule has 2 aromatic rings. The Labute approximate surface area is 123 Å². The van der Waals surface area contributed by atoms with Gasteiger partial charge in [-0.25, -0.2) is 4.39 Å². The molecule has 110 valence electrons. The summed E-state index contributed by atoms with van der Waals surface area (Å²) < 4.78 is 13.3. The number of H-pyrrole nitrogens is 1. The van der Waals surface area contributed by atoms with Crippen LogP contribution in [-0.4, -0.2) is 4.98 Å². The molecule has 1 heterocycles. The summed E-state index contributed by atoms with van der Waals surface area (Å²) in [6, 6.07) is 10.4. The van der Waals surface area contributed by atoms with Crippen LogP contribution in [0.1, 0.15) is 48.7 Å². The molecule has 21 heavy (non-hydrogen) atoms. The van der Waals surface area contributed by atoms with Gasteiger partial charge in [0, 0.05) is 23.8 Å². The largest absolute Gasteiger partial charge is 0.326 e. The summed E-state index contributed by atoms with van der Waals surface area (Å²) in [6.07, 6.45) is 2.98. The fourth-order valence-corrected chi connectivity index (χ4v) is 3.05. The lowest BCUT2D eigenvalue weighted by molar-refractivity contribution is 0.410. The van der Waals surface area contributed by atoms with Crippen molar-refractivity contribution in [3.05, 3.63) is 69.4 Å². The van der Waals surface area contributed by atoms with E-state index >= 15 is 0 Å². The Morgan fingerprint density at radius 3 is 3.00 bits per heavy atom. The maximum Gasteiger partial charge on any atom is 0.248 e. The summed E-state index contributed by atoms with van der Waals surface area (Å²) in [5.41, 5.74) is 3.07. The van der Waals surface area contributed by atoms with Gasteiger partial charge < -0.3 is 10.3 Å². The first-order valence-electron chi connectivity index (χ1n) is 7.37. The molecule has 0 amide bonds. The molecule has 0 saturated heterocycles. The Kier molecular flexibility index (Phi) is 3.88. The van der Waals surface area contributed by atoms with Gasteiger partial charge in [-0.15, -0.1) is 0 Å². The van der Waals surface area contributed by atoms with E-state index in [-0.39, 0.29) is 23.5 Å². The lowest BCUT2D eigenvalue weighted by atomic mass is 9.90. The molecule has 3 nitrogen and oxygen atoms in total. The number of pyridine rings is 1. The van der Waals surface area contributed by atoms with Crippen LogP contribution in [0.15, 0.2) is 41.2 Å². The number of aromatic nitrogens is 1. The summed E-state index contributed by atoms with van der Waals surface area (Å²) >= 11 is 0. The summed E-state index contributed by atoms with van der Waals surface area (Å²) in [7, 11) is 0. The van der Waals surface area contributed by atoms with Gasteiger partial charge in [-0.3, -0.25) is 4.79 Å². The molecule has 1 aliphatic carbocycles. The Balaban J connectivity index is 1.82. The number of halogens is 1. The van der Waals surface area contributed by atoms with Gasteiger partial charge in [0.2, 0.25) is 5.56 Å². The zero-order valence-corrected chi connectivity index (χ0v) is 12.0. The van der Waals surface area contributed by atoms with Crippen LogP contribution in [0.25, 0.3) is 0 Å². The van der Waals surface area contributed by atoms with Crippen LogP contribution >= 0.6 is 0 Å². The standard InChI is InChI=1S/C17H19FN2O/c1-11(12-4-2-5-13(18)10-12)19-15-6-3-7-16-14(15)8-9-17(21)20-16/h2,4-5,8-11,15,19H,3,6-7H2,1H3,(H,20,21)/t11-,15?/m1/s1. The maximum atomic E-state index is 13.3. The van der Waals surface area contributed by atoms with Crippen molar-refractivity contribution in [3.63, 3.8) is 0 Å². The molecule has 4 heteroatoms. The second-order valence-electron chi connectivity index (χ2n) is 5.64. The molecule has 0 bridgehead atoms. The van der Waals surface area contributed by atoms with Gasteiger partial charge in [0.15, 0.2) is 0 Å². The van der Waals surface area contributed by atoms with Crippen LogP contribution in [0, 0.1) is 5.82 Å². The predicted octanol–water partition coefficient (Wildman–Crippen LogP) is 3.24. The molecule has 0 fully saturated rings. The molecule has 0 aliphatic heterocycles. The van der Waals surface area contributed by atoms with Crippen LogP contribution in [0.2, 0.25) is 0 Å². The monoisotopic (exact) mass is 286 g/mol. The lowest BCUT2D eigenvalue weighted by Crippen LogP contribution is -2.29.